The molecule has 0 aliphatic rings. The molecular formula is C14H21FN2O3. The van der Waals surface area contributed by atoms with Crippen molar-refractivity contribution >= 4 is 5.91 Å². The van der Waals surface area contributed by atoms with E-state index < -0.39 is 17.3 Å². The van der Waals surface area contributed by atoms with Crippen molar-refractivity contribution < 1.29 is 19.0 Å². The number of carbonyl (C=O) groups excluding carboxylic acids is 1. The predicted molar refractivity (Wildman–Crippen MR) is 74.1 cm³/mol. The quantitative estimate of drug-likeness (QED) is 0.771. The van der Waals surface area contributed by atoms with Crippen LogP contribution in [0.25, 0.3) is 0 Å². The third kappa shape index (κ3) is 5.99. The number of aliphatic hydroxyl groups is 1. The molecule has 0 heterocycles. The zero-order chi connectivity index (χ0) is 15.2. The van der Waals surface area contributed by atoms with Crippen molar-refractivity contribution in [3.8, 4) is 5.75 Å². The molecule has 1 amide bonds. The molecule has 6 heteroatoms. The van der Waals surface area contributed by atoms with Gasteiger partial charge in [-0.25, -0.2) is 4.39 Å². The van der Waals surface area contributed by atoms with Gasteiger partial charge in [0.25, 0.3) is 5.91 Å². The van der Waals surface area contributed by atoms with Crippen LogP contribution in [0, 0.1) is 5.82 Å². The second kappa shape index (κ2) is 7.21. The standard InChI is InChI=1S/C14H21FN2O3/c1-14(19,10-17(2)3)9-16-13(18)8-20-12-7-5-4-6-11(12)15/h4-7,19H,8-10H2,1-3H3,(H,16,18). The van der Waals surface area contributed by atoms with Crippen molar-refractivity contribution in [2.45, 2.75) is 12.5 Å². The lowest BCUT2D eigenvalue weighted by molar-refractivity contribution is -0.124. The highest BCUT2D eigenvalue weighted by molar-refractivity contribution is 5.77. The van der Waals surface area contributed by atoms with Crippen molar-refractivity contribution in [2.75, 3.05) is 33.8 Å². The molecule has 0 radical (unpaired) electrons. The average Bonchev–Trinajstić information content (AvgIpc) is 2.34. The molecule has 0 saturated heterocycles. The number of ether oxygens (including phenoxy) is 1. The minimum Gasteiger partial charge on any atom is -0.481 e. The molecule has 1 unspecified atom stereocenters. The van der Waals surface area contributed by atoms with Crippen LogP contribution in [-0.2, 0) is 4.79 Å². The first-order chi connectivity index (χ1) is 9.30. The molecule has 0 aromatic heterocycles. The number of para-hydroxylation sites is 1. The lowest BCUT2D eigenvalue weighted by Gasteiger charge is -2.27. The molecule has 0 aliphatic carbocycles. The summed E-state index contributed by atoms with van der Waals surface area (Å²) in [4.78, 5) is 13.4. The van der Waals surface area contributed by atoms with Crippen molar-refractivity contribution in [1.29, 1.82) is 0 Å². The minimum absolute atomic E-state index is 0.0303. The largest absolute Gasteiger partial charge is 0.481 e. The summed E-state index contributed by atoms with van der Waals surface area (Å²) in [6.45, 7) is 1.86. The zero-order valence-electron chi connectivity index (χ0n) is 12.0. The van der Waals surface area contributed by atoms with Gasteiger partial charge < -0.3 is 20.1 Å². The first kappa shape index (κ1) is 16.4. The topological polar surface area (TPSA) is 61.8 Å². The van der Waals surface area contributed by atoms with Gasteiger partial charge in [-0.3, -0.25) is 4.79 Å². The Labute approximate surface area is 118 Å². The van der Waals surface area contributed by atoms with Gasteiger partial charge in [-0.2, -0.15) is 0 Å². The number of rotatable bonds is 7. The summed E-state index contributed by atoms with van der Waals surface area (Å²) in [5.41, 5.74) is -1.03. The molecular weight excluding hydrogens is 263 g/mol. The number of carbonyl (C=O) groups is 1. The average molecular weight is 284 g/mol. The Balaban J connectivity index is 2.36. The predicted octanol–water partition coefficient (Wildman–Crippen LogP) is 0.633. The smallest absolute Gasteiger partial charge is 0.258 e. The fraction of sp³-hybridized carbons (Fsp3) is 0.500. The van der Waals surface area contributed by atoms with Crippen LogP contribution in [0.5, 0.6) is 5.75 Å². The second-order valence-corrected chi connectivity index (χ2v) is 5.23. The van der Waals surface area contributed by atoms with Crippen LogP contribution in [0.1, 0.15) is 6.92 Å². The Kier molecular flexibility index (Phi) is 5.91. The van der Waals surface area contributed by atoms with E-state index in [4.69, 9.17) is 4.74 Å². The number of nitrogens with one attached hydrogen (secondary N) is 1. The number of hydrogen-bond acceptors (Lipinski definition) is 4. The first-order valence-corrected chi connectivity index (χ1v) is 6.31. The Morgan fingerprint density at radius 3 is 2.70 bits per heavy atom. The van der Waals surface area contributed by atoms with Crippen LogP contribution < -0.4 is 10.1 Å². The Morgan fingerprint density at radius 1 is 1.45 bits per heavy atom. The van der Waals surface area contributed by atoms with Gasteiger partial charge in [0.15, 0.2) is 18.2 Å². The lowest BCUT2D eigenvalue weighted by Crippen LogP contribution is -2.47. The van der Waals surface area contributed by atoms with Gasteiger partial charge in [0.05, 0.1) is 5.60 Å². The highest BCUT2D eigenvalue weighted by Gasteiger charge is 2.22. The van der Waals surface area contributed by atoms with E-state index in [1.165, 1.54) is 12.1 Å². The second-order valence-electron chi connectivity index (χ2n) is 5.23. The van der Waals surface area contributed by atoms with E-state index in [9.17, 15) is 14.3 Å². The van der Waals surface area contributed by atoms with Crippen LogP contribution in [-0.4, -0.2) is 55.3 Å². The summed E-state index contributed by atoms with van der Waals surface area (Å²) in [5.74, 6) is -0.894. The van der Waals surface area contributed by atoms with Crippen molar-refractivity contribution in [3.05, 3.63) is 30.1 Å². The van der Waals surface area contributed by atoms with Crippen molar-refractivity contribution in [2.24, 2.45) is 0 Å². The SMILES string of the molecule is CN(C)CC(C)(O)CNC(=O)COc1ccccc1F. The third-order valence-corrected chi connectivity index (χ3v) is 2.52. The summed E-state index contributed by atoms with van der Waals surface area (Å²) < 4.78 is 18.3. The number of amides is 1. The maximum atomic E-state index is 13.3. The molecule has 1 atom stereocenters. The van der Waals surface area contributed by atoms with Gasteiger partial charge in [-0.1, -0.05) is 12.1 Å². The normalized spacial score (nSPS) is 13.9. The van der Waals surface area contributed by atoms with E-state index >= 15 is 0 Å². The third-order valence-electron chi connectivity index (χ3n) is 2.52. The van der Waals surface area contributed by atoms with Gasteiger partial charge in [-0.05, 0) is 33.2 Å². The van der Waals surface area contributed by atoms with Gasteiger partial charge >= 0.3 is 0 Å². The summed E-state index contributed by atoms with van der Waals surface area (Å²) in [7, 11) is 3.66. The Bertz CT molecular complexity index is 450. The Hall–Kier alpha value is -1.66. The molecule has 1 rings (SSSR count). The van der Waals surface area contributed by atoms with E-state index in [0.29, 0.717) is 6.54 Å². The van der Waals surface area contributed by atoms with Gasteiger partial charge in [-0.15, -0.1) is 0 Å². The summed E-state index contributed by atoms with van der Waals surface area (Å²) >= 11 is 0. The van der Waals surface area contributed by atoms with E-state index in [2.05, 4.69) is 5.32 Å². The van der Waals surface area contributed by atoms with E-state index in [1.807, 2.05) is 19.0 Å². The molecule has 0 fully saturated rings. The number of likely N-dealkylation sites (N-methyl/N-ethyl adjacent to an activating group) is 1. The minimum atomic E-state index is -1.03. The Morgan fingerprint density at radius 2 is 2.10 bits per heavy atom. The molecule has 0 aliphatic heterocycles. The molecule has 0 spiro atoms. The zero-order valence-corrected chi connectivity index (χ0v) is 12.0. The van der Waals surface area contributed by atoms with Gasteiger partial charge in [0, 0.05) is 13.1 Å². The van der Waals surface area contributed by atoms with E-state index in [1.54, 1.807) is 19.1 Å². The molecule has 5 nitrogen and oxygen atoms in total. The van der Waals surface area contributed by atoms with Gasteiger partial charge in [0.1, 0.15) is 0 Å². The lowest BCUT2D eigenvalue weighted by atomic mass is 10.1. The first-order valence-electron chi connectivity index (χ1n) is 6.31. The highest BCUT2D eigenvalue weighted by Crippen LogP contribution is 2.14. The monoisotopic (exact) mass is 284 g/mol. The summed E-state index contributed by atoms with van der Waals surface area (Å²) in [6.07, 6.45) is 0. The molecule has 1 aromatic carbocycles. The van der Waals surface area contributed by atoms with E-state index in [-0.39, 0.29) is 18.9 Å². The molecule has 0 bridgehead atoms. The number of nitrogens with zero attached hydrogens (tertiary/aromatic N) is 1. The number of benzene rings is 1. The number of hydrogen-bond donors (Lipinski definition) is 2. The number of halogens is 1. The summed E-state index contributed by atoms with van der Waals surface area (Å²) in [6, 6.07) is 5.87. The fourth-order valence-corrected chi connectivity index (χ4v) is 1.78. The molecule has 1 aromatic rings. The van der Waals surface area contributed by atoms with Crippen molar-refractivity contribution in [3.63, 3.8) is 0 Å². The van der Waals surface area contributed by atoms with E-state index in [0.717, 1.165) is 0 Å². The van der Waals surface area contributed by atoms with Crippen LogP contribution in [0.15, 0.2) is 24.3 Å². The molecule has 2 N–H and O–H groups in total. The molecule has 0 saturated carbocycles. The fourth-order valence-electron chi connectivity index (χ4n) is 1.78. The molecule has 20 heavy (non-hydrogen) atoms. The maximum absolute atomic E-state index is 13.3. The van der Waals surface area contributed by atoms with Gasteiger partial charge in [0.2, 0.25) is 0 Å². The molecule has 112 valence electrons. The van der Waals surface area contributed by atoms with Crippen LogP contribution >= 0.6 is 0 Å². The van der Waals surface area contributed by atoms with Crippen LogP contribution in [0.2, 0.25) is 0 Å². The van der Waals surface area contributed by atoms with Crippen LogP contribution in [0.4, 0.5) is 4.39 Å². The highest BCUT2D eigenvalue weighted by atomic mass is 19.1. The van der Waals surface area contributed by atoms with Crippen molar-refractivity contribution in [1.82, 2.24) is 10.2 Å². The maximum Gasteiger partial charge on any atom is 0.258 e. The van der Waals surface area contributed by atoms with Crippen LogP contribution in [0.3, 0.4) is 0 Å². The summed E-state index contributed by atoms with van der Waals surface area (Å²) in [5, 5.41) is 12.6.